The highest BCUT2D eigenvalue weighted by molar-refractivity contribution is 5.76. The van der Waals surface area contributed by atoms with Gasteiger partial charge in [-0.15, -0.1) is 0 Å². The number of amides is 1. The Morgan fingerprint density at radius 3 is 1.25 bits per heavy atom. The number of nitrogens with one attached hydrogen (secondary N) is 1. The topological polar surface area (TPSA) is 149 Å². The minimum atomic E-state index is -1.55. The van der Waals surface area contributed by atoms with Crippen molar-refractivity contribution in [2.45, 2.75) is 326 Å². The van der Waals surface area contributed by atoms with Crippen LogP contribution in [0.15, 0.2) is 12.2 Å². The van der Waals surface area contributed by atoms with E-state index in [9.17, 15) is 30.3 Å². The Bertz CT molecular complexity index is 1030. The SMILES string of the molecule is CCCCCCCCCCCCCC/C=C\CCCCCCCCCCCCCCCCCCC(=O)NC(COC1OC(CO)C(O)C(O)C1O)C(O)CCCCCCCCCCCC. The van der Waals surface area contributed by atoms with E-state index in [1.807, 2.05) is 0 Å². The number of rotatable bonds is 49. The van der Waals surface area contributed by atoms with Gasteiger partial charge in [-0.3, -0.25) is 4.79 Å². The van der Waals surface area contributed by atoms with E-state index in [-0.39, 0.29) is 12.5 Å². The summed E-state index contributed by atoms with van der Waals surface area (Å²) in [5.74, 6) is -0.141. The van der Waals surface area contributed by atoms with Gasteiger partial charge in [-0.2, -0.15) is 0 Å². The third kappa shape index (κ3) is 36.6. The molecule has 0 aromatic rings. The average Bonchev–Trinajstić information content (AvgIpc) is 3.31. The van der Waals surface area contributed by atoms with Crippen LogP contribution in [-0.2, 0) is 14.3 Å². The highest BCUT2D eigenvalue weighted by Crippen LogP contribution is 2.23. The van der Waals surface area contributed by atoms with E-state index >= 15 is 0 Å². The Labute approximate surface area is 401 Å². The molecule has 6 N–H and O–H groups in total. The molecule has 1 heterocycles. The molecule has 0 spiro atoms. The molecule has 0 bridgehead atoms. The van der Waals surface area contributed by atoms with Gasteiger partial charge in [0, 0.05) is 6.42 Å². The molecule has 1 aliphatic rings. The molecule has 1 amide bonds. The van der Waals surface area contributed by atoms with E-state index < -0.39 is 49.5 Å². The summed E-state index contributed by atoms with van der Waals surface area (Å²) in [5, 5.41) is 54.4. The van der Waals surface area contributed by atoms with Crippen molar-refractivity contribution in [3.8, 4) is 0 Å². The van der Waals surface area contributed by atoms with Crippen molar-refractivity contribution in [1.82, 2.24) is 5.32 Å². The predicted octanol–water partition coefficient (Wildman–Crippen LogP) is 13.6. The molecule has 0 radical (unpaired) electrons. The predicted molar refractivity (Wildman–Crippen MR) is 272 cm³/mol. The van der Waals surface area contributed by atoms with E-state index in [0.717, 1.165) is 38.5 Å². The quantitative estimate of drug-likeness (QED) is 0.0261. The molecule has 386 valence electrons. The Balaban J connectivity index is 2.06. The number of ether oxygens (including phenoxy) is 2. The summed E-state index contributed by atoms with van der Waals surface area (Å²) in [6.45, 7) is 3.84. The third-order valence-corrected chi connectivity index (χ3v) is 13.9. The Kier molecular flexibility index (Phi) is 44.5. The van der Waals surface area contributed by atoms with E-state index in [4.69, 9.17) is 9.47 Å². The van der Waals surface area contributed by atoms with Crippen molar-refractivity contribution in [3.63, 3.8) is 0 Å². The molecule has 1 aliphatic heterocycles. The second-order valence-electron chi connectivity index (χ2n) is 20.1. The average molecular weight is 924 g/mol. The summed E-state index contributed by atoms with van der Waals surface area (Å²) in [6.07, 6.45) is 49.8. The maximum Gasteiger partial charge on any atom is 0.220 e. The lowest BCUT2D eigenvalue weighted by Gasteiger charge is -2.40. The van der Waals surface area contributed by atoms with Gasteiger partial charge in [0.25, 0.3) is 0 Å². The number of hydrogen-bond donors (Lipinski definition) is 6. The summed E-state index contributed by atoms with van der Waals surface area (Å²) in [5.41, 5.74) is 0. The van der Waals surface area contributed by atoms with Gasteiger partial charge in [0.15, 0.2) is 6.29 Å². The van der Waals surface area contributed by atoms with Crippen molar-refractivity contribution >= 4 is 5.91 Å². The zero-order valence-electron chi connectivity index (χ0n) is 42.8. The third-order valence-electron chi connectivity index (χ3n) is 13.9. The molecule has 1 fully saturated rings. The maximum atomic E-state index is 13.0. The molecule has 0 aliphatic carbocycles. The van der Waals surface area contributed by atoms with Gasteiger partial charge < -0.3 is 40.3 Å². The molecule has 9 nitrogen and oxygen atoms in total. The van der Waals surface area contributed by atoms with Crippen LogP contribution in [0.5, 0.6) is 0 Å². The molecular formula is C56H109NO8. The zero-order valence-corrected chi connectivity index (χ0v) is 42.8. The molecule has 7 atom stereocenters. The van der Waals surface area contributed by atoms with Crippen molar-refractivity contribution in [2.75, 3.05) is 13.2 Å². The van der Waals surface area contributed by atoms with E-state index in [0.29, 0.717) is 12.8 Å². The van der Waals surface area contributed by atoms with Crippen LogP contribution >= 0.6 is 0 Å². The molecule has 1 rings (SSSR count). The van der Waals surface area contributed by atoms with Gasteiger partial charge in [0.2, 0.25) is 5.91 Å². The van der Waals surface area contributed by atoms with Gasteiger partial charge in [0.05, 0.1) is 25.4 Å². The minimum absolute atomic E-state index is 0.134. The first-order valence-electron chi connectivity index (χ1n) is 28.4. The highest BCUT2D eigenvalue weighted by Gasteiger charge is 2.44. The largest absolute Gasteiger partial charge is 0.394 e. The van der Waals surface area contributed by atoms with Gasteiger partial charge >= 0.3 is 0 Å². The van der Waals surface area contributed by atoms with Crippen molar-refractivity contribution in [2.24, 2.45) is 0 Å². The van der Waals surface area contributed by atoms with E-state index in [1.165, 1.54) is 218 Å². The normalized spacial score (nSPS) is 19.9. The molecule has 65 heavy (non-hydrogen) atoms. The fourth-order valence-corrected chi connectivity index (χ4v) is 9.34. The highest BCUT2D eigenvalue weighted by atomic mass is 16.7. The molecule has 9 heteroatoms. The standard InChI is InChI=1S/C56H109NO8/c1-3-5-7-9-11-13-15-16-17-18-19-20-21-22-23-24-25-26-27-28-29-30-31-32-33-34-35-36-38-40-42-44-46-52(60)57-49(48-64-56-55(63)54(62)53(61)51(47-58)65-56)50(59)45-43-41-39-37-14-12-10-8-6-4-2/h22-23,49-51,53-56,58-59,61-63H,3-21,24-48H2,1-2H3,(H,57,60)/b23-22-. The summed E-state index contributed by atoms with van der Waals surface area (Å²) >= 11 is 0. The number of carbonyl (C=O) groups excluding carboxylic acids is 1. The van der Waals surface area contributed by atoms with Gasteiger partial charge in [-0.25, -0.2) is 0 Å². The summed E-state index contributed by atoms with van der Waals surface area (Å²) < 4.78 is 11.3. The fraction of sp³-hybridized carbons (Fsp3) is 0.946. The monoisotopic (exact) mass is 924 g/mol. The molecule has 0 saturated carbocycles. The number of aliphatic hydroxyl groups excluding tert-OH is 5. The summed E-state index contributed by atoms with van der Waals surface area (Å²) in [6, 6.07) is -0.713. The maximum absolute atomic E-state index is 13.0. The van der Waals surface area contributed by atoms with Crippen LogP contribution in [0.1, 0.15) is 284 Å². The number of hydrogen-bond acceptors (Lipinski definition) is 8. The molecular weight excluding hydrogens is 815 g/mol. The lowest BCUT2D eigenvalue weighted by Crippen LogP contribution is -2.60. The summed E-state index contributed by atoms with van der Waals surface area (Å²) in [7, 11) is 0. The zero-order chi connectivity index (χ0) is 47.3. The van der Waals surface area contributed by atoms with Crippen molar-refractivity contribution < 1.29 is 39.8 Å². The van der Waals surface area contributed by atoms with Gasteiger partial charge in [0.1, 0.15) is 24.4 Å². The number of allylic oxidation sites excluding steroid dienone is 2. The molecule has 7 unspecified atom stereocenters. The van der Waals surface area contributed by atoms with Crippen LogP contribution in [0, 0.1) is 0 Å². The molecule has 1 saturated heterocycles. The smallest absolute Gasteiger partial charge is 0.220 e. The summed E-state index contributed by atoms with van der Waals surface area (Å²) in [4.78, 5) is 13.0. The fourth-order valence-electron chi connectivity index (χ4n) is 9.34. The van der Waals surface area contributed by atoms with Crippen molar-refractivity contribution in [1.29, 1.82) is 0 Å². The number of carbonyl (C=O) groups is 1. The van der Waals surface area contributed by atoms with Crippen LogP contribution in [-0.4, -0.2) is 87.5 Å². The Hall–Kier alpha value is -1.07. The van der Waals surface area contributed by atoms with Crippen LogP contribution in [0.25, 0.3) is 0 Å². The van der Waals surface area contributed by atoms with E-state index in [1.54, 1.807) is 0 Å². The Morgan fingerprint density at radius 1 is 0.508 bits per heavy atom. The number of unbranched alkanes of at least 4 members (excludes halogenated alkanes) is 37. The first kappa shape index (κ1) is 61.9. The van der Waals surface area contributed by atoms with Crippen LogP contribution in [0.2, 0.25) is 0 Å². The van der Waals surface area contributed by atoms with Gasteiger partial charge in [-0.1, -0.05) is 251 Å². The van der Waals surface area contributed by atoms with Crippen LogP contribution in [0.3, 0.4) is 0 Å². The van der Waals surface area contributed by atoms with Crippen LogP contribution in [0.4, 0.5) is 0 Å². The first-order chi connectivity index (χ1) is 31.8. The first-order valence-corrected chi connectivity index (χ1v) is 28.4. The second kappa shape index (κ2) is 46.6. The lowest BCUT2D eigenvalue weighted by atomic mass is 9.99. The minimum Gasteiger partial charge on any atom is -0.394 e. The lowest BCUT2D eigenvalue weighted by molar-refractivity contribution is -0.302. The molecule has 0 aromatic heterocycles. The van der Waals surface area contributed by atoms with Crippen LogP contribution < -0.4 is 5.32 Å². The van der Waals surface area contributed by atoms with E-state index in [2.05, 4.69) is 31.3 Å². The van der Waals surface area contributed by atoms with Gasteiger partial charge in [-0.05, 0) is 38.5 Å². The molecule has 0 aromatic carbocycles. The Morgan fingerprint density at radius 2 is 0.862 bits per heavy atom. The van der Waals surface area contributed by atoms with Crippen molar-refractivity contribution in [3.05, 3.63) is 12.2 Å². The second-order valence-corrected chi connectivity index (χ2v) is 20.1. The number of aliphatic hydroxyl groups is 5.